The summed E-state index contributed by atoms with van der Waals surface area (Å²) >= 11 is 4.94. The van der Waals surface area contributed by atoms with E-state index in [9.17, 15) is 4.79 Å². The molecule has 20 heavy (non-hydrogen) atoms. The van der Waals surface area contributed by atoms with Crippen molar-refractivity contribution in [3.63, 3.8) is 0 Å². The minimum atomic E-state index is 0.0751. The molecule has 0 heterocycles. The van der Waals surface area contributed by atoms with Gasteiger partial charge >= 0.3 is 0 Å². The van der Waals surface area contributed by atoms with Crippen LogP contribution in [-0.4, -0.2) is 18.0 Å². The number of nitrogens with one attached hydrogen (secondary N) is 1. The SMILES string of the molecule is COc1cc(C(N)=S)ccc1NC(=O)C1CCCCC1. The monoisotopic (exact) mass is 292 g/mol. The maximum atomic E-state index is 12.2. The fourth-order valence-corrected chi connectivity index (χ4v) is 2.67. The zero-order valence-corrected chi connectivity index (χ0v) is 12.5. The van der Waals surface area contributed by atoms with Crippen molar-refractivity contribution < 1.29 is 9.53 Å². The highest BCUT2D eigenvalue weighted by atomic mass is 32.1. The molecule has 0 aromatic heterocycles. The van der Waals surface area contributed by atoms with Gasteiger partial charge in [-0.05, 0) is 31.0 Å². The first-order chi connectivity index (χ1) is 9.61. The highest BCUT2D eigenvalue weighted by Gasteiger charge is 2.22. The molecule has 0 bridgehead atoms. The van der Waals surface area contributed by atoms with Crippen LogP contribution >= 0.6 is 12.2 Å². The van der Waals surface area contributed by atoms with E-state index in [4.69, 9.17) is 22.7 Å². The molecule has 0 aliphatic heterocycles. The molecule has 108 valence electrons. The van der Waals surface area contributed by atoms with Crippen LogP contribution in [0.4, 0.5) is 5.69 Å². The number of anilines is 1. The first-order valence-electron chi connectivity index (χ1n) is 6.90. The molecular formula is C15H20N2O2S. The molecule has 4 nitrogen and oxygen atoms in total. The molecule has 5 heteroatoms. The number of methoxy groups -OCH3 is 1. The topological polar surface area (TPSA) is 64.3 Å². The lowest BCUT2D eigenvalue weighted by atomic mass is 9.88. The number of hydrogen-bond acceptors (Lipinski definition) is 3. The molecule has 1 saturated carbocycles. The number of thiocarbonyl (C=S) groups is 1. The number of hydrogen-bond donors (Lipinski definition) is 2. The molecule has 1 aromatic rings. The Labute approximate surface area is 124 Å². The summed E-state index contributed by atoms with van der Waals surface area (Å²) < 4.78 is 5.29. The molecule has 0 atom stereocenters. The van der Waals surface area contributed by atoms with E-state index in [1.165, 1.54) is 6.42 Å². The van der Waals surface area contributed by atoms with E-state index in [2.05, 4.69) is 5.32 Å². The van der Waals surface area contributed by atoms with Gasteiger partial charge < -0.3 is 15.8 Å². The van der Waals surface area contributed by atoms with E-state index in [0.717, 1.165) is 31.2 Å². The Hall–Kier alpha value is -1.62. The predicted molar refractivity (Wildman–Crippen MR) is 84.1 cm³/mol. The van der Waals surface area contributed by atoms with Gasteiger partial charge in [0.25, 0.3) is 0 Å². The van der Waals surface area contributed by atoms with Crippen molar-refractivity contribution in [2.45, 2.75) is 32.1 Å². The number of carbonyl (C=O) groups excluding carboxylic acids is 1. The van der Waals surface area contributed by atoms with Crippen molar-refractivity contribution in [1.29, 1.82) is 0 Å². The Bertz CT molecular complexity index is 511. The van der Waals surface area contributed by atoms with Crippen LogP contribution < -0.4 is 15.8 Å². The van der Waals surface area contributed by atoms with Crippen molar-refractivity contribution in [3.05, 3.63) is 23.8 Å². The number of amides is 1. The van der Waals surface area contributed by atoms with Crippen molar-refractivity contribution >= 4 is 28.8 Å². The Morgan fingerprint density at radius 1 is 1.35 bits per heavy atom. The average Bonchev–Trinajstić information content (AvgIpc) is 2.48. The first kappa shape index (κ1) is 14.8. The minimum Gasteiger partial charge on any atom is -0.495 e. The summed E-state index contributed by atoms with van der Waals surface area (Å²) in [6.45, 7) is 0. The van der Waals surface area contributed by atoms with Gasteiger partial charge in [-0.3, -0.25) is 4.79 Å². The average molecular weight is 292 g/mol. The molecule has 0 spiro atoms. The summed E-state index contributed by atoms with van der Waals surface area (Å²) in [5, 5.41) is 2.95. The second-order valence-electron chi connectivity index (χ2n) is 5.10. The third-order valence-corrected chi connectivity index (χ3v) is 3.96. The van der Waals surface area contributed by atoms with Gasteiger partial charge in [-0.15, -0.1) is 0 Å². The summed E-state index contributed by atoms with van der Waals surface area (Å²) in [5.74, 6) is 0.772. The van der Waals surface area contributed by atoms with Crippen LogP contribution in [0.15, 0.2) is 18.2 Å². The van der Waals surface area contributed by atoms with Gasteiger partial charge in [0, 0.05) is 11.5 Å². The summed E-state index contributed by atoms with van der Waals surface area (Å²) in [6.07, 6.45) is 5.44. The molecule has 1 aliphatic carbocycles. The summed E-state index contributed by atoms with van der Waals surface area (Å²) in [4.78, 5) is 12.6. The Kier molecular flexibility index (Phi) is 4.95. The van der Waals surface area contributed by atoms with E-state index in [1.807, 2.05) is 0 Å². The van der Waals surface area contributed by atoms with E-state index in [-0.39, 0.29) is 11.8 Å². The molecule has 2 rings (SSSR count). The normalized spacial score (nSPS) is 15.7. The fraction of sp³-hybridized carbons (Fsp3) is 0.467. The van der Waals surface area contributed by atoms with E-state index in [1.54, 1.807) is 25.3 Å². The van der Waals surface area contributed by atoms with Crippen LogP contribution in [-0.2, 0) is 4.79 Å². The number of nitrogens with two attached hydrogens (primary N) is 1. The molecule has 1 fully saturated rings. The summed E-state index contributed by atoms with van der Waals surface area (Å²) in [6, 6.07) is 5.33. The Morgan fingerprint density at radius 2 is 2.05 bits per heavy atom. The zero-order valence-electron chi connectivity index (χ0n) is 11.6. The molecule has 3 N–H and O–H groups in total. The van der Waals surface area contributed by atoms with Crippen molar-refractivity contribution in [1.82, 2.24) is 0 Å². The van der Waals surface area contributed by atoms with Gasteiger partial charge in [0.1, 0.15) is 10.7 Å². The maximum absolute atomic E-state index is 12.2. The molecule has 0 radical (unpaired) electrons. The standard InChI is InChI=1S/C15H20N2O2S/c1-19-13-9-11(14(16)20)7-8-12(13)17-15(18)10-5-3-2-4-6-10/h7-10H,2-6H2,1H3,(H2,16,20)(H,17,18). The summed E-state index contributed by atoms with van der Waals surface area (Å²) in [7, 11) is 1.56. The van der Waals surface area contributed by atoms with Gasteiger partial charge in [0.15, 0.2) is 0 Å². The predicted octanol–water partition coefficient (Wildman–Crippen LogP) is 2.85. The van der Waals surface area contributed by atoms with Crippen LogP contribution in [0, 0.1) is 5.92 Å². The molecule has 0 unspecified atom stereocenters. The van der Waals surface area contributed by atoms with E-state index < -0.39 is 0 Å². The molecule has 1 aliphatic rings. The van der Waals surface area contributed by atoms with E-state index >= 15 is 0 Å². The van der Waals surface area contributed by atoms with Crippen LogP contribution in [0.3, 0.4) is 0 Å². The lowest BCUT2D eigenvalue weighted by molar-refractivity contribution is -0.120. The highest BCUT2D eigenvalue weighted by molar-refractivity contribution is 7.80. The number of rotatable bonds is 4. The van der Waals surface area contributed by atoms with Crippen molar-refractivity contribution in [2.75, 3.05) is 12.4 Å². The Morgan fingerprint density at radius 3 is 2.65 bits per heavy atom. The van der Waals surface area contributed by atoms with Crippen LogP contribution in [0.2, 0.25) is 0 Å². The second kappa shape index (κ2) is 6.70. The second-order valence-corrected chi connectivity index (χ2v) is 5.54. The number of benzene rings is 1. The first-order valence-corrected chi connectivity index (χ1v) is 7.31. The molecule has 1 amide bonds. The quantitative estimate of drug-likeness (QED) is 0.838. The maximum Gasteiger partial charge on any atom is 0.227 e. The van der Waals surface area contributed by atoms with Gasteiger partial charge in [0.05, 0.1) is 12.8 Å². The van der Waals surface area contributed by atoms with E-state index in [0.29, 0.717) is 16.4 Å². The Balaban J connectivity index is 2.11. The third kappa shape index (κ3) is 3.48. The molecule has 0 saturated heterocycles. The number of carbonyl (C=O) groups is 1. The van der Waals surface area contributed by atoms with Crippen molar-refractivity contribution in [3.8, 4) is 5.75 Å². The molecular weight excluding hydrogens is 272 g/mol. The minimum absolute atomic E-state index is 0.0751. The third-order valence-electron chi connectivity index (χ3n) is 3.72. The van der Waals surface area contributed by atoms with Crippen LogP contribution in [0.25, 0.3) is 0 Å². The highest BCUT2D eigenvalue weighted by Crippen LogP contribution is 2.29. The van der Waals surface area contributed by atoms with Crippen LogP contribution in [0.1, 0.15) is 37.7 Å². The van der Waals surface area contributed by atoms with Crippen molar-refractivity contribution in [2.24, 2.45) is 11.7 Å². The van der Waals surface area contributed by atoms with Gasteiger partial charge in [0.2, 0.25) is 5.91 Å². The molecule has 1 aromatic carbocycles. The summed E-state index contributed by atoms with van der Waals surface area (Å²) in [5.41, 5.74) is 6.99. The number of ether oxygens (including phenoxy) is 1. The smallest absolute Gasteiger partial charge is 0.227 e. The largest absolute Gasteiger partial charge is 0.495 e. The van der Waals surface area contributed by atoms with Gasteiger partial charge in [-0.1, -0.05) is 31.5 Å². The zero-order chi connectivity index (χ0) is 14.5. The van der Waals surface area contributed by atoms with Crippen LogP contribution in [0.5, 0.6) is 5.75 Å². The lowest BCUT2D eigenvalue weighted by Crippen LogP contribution is -2.25. The van der Waals surface area contributed by atoms with Gasteiger partial charge in [-0.25, -0.2) is 0 Å². The lowest BCUT2D eigenvalue weighted by Gasteiger charge is -2.21. The fourth-order valence-electron chi connectivity index (χ4n) is 2.55. The van der Waals surface area contributed by atoms with Gasteiger partial charge in [-0.2, -0.15) is 0 Å².